The normalized spacial score (nSPS) is 11.0. The zero-order valence-electron chi connectivity index (χ0n) is 9.23. The summed E-state index contributed by atoms with van der Waals surface area (Å²) in [7, 11) is 0. The third kappa shape index (κ3) is 3.56. The van der Waals surface area contributed by atoms with E-state index in [0.717, 1.165) is 5.56 Å². The molecule has 6 heteroatoms. The highest BCUT2D eigenvalue weighted by Gasteiger charge is 2.03. The number of aromatic nitrogens is 1. The van der Waals surface area contributed by atoms with Gasteiger partial charge in [0, 0.05) is 6.20 Å². The first-order chi connectivity index (χ1) is 7.63. The molecule has 0 aliphatic rings. The molecule has 1 aromatic heterocycles. The van der Waals surface area contributed by atoms with Crippen molar-refractivity contribution in [3.05, 3.63) is 23.9 Å². The topological polar surface area (TPSA) is 89.6 Å². The van der Waals surface area contributed by atoms with Gasteiger partial charge in [0.25, 0.3) is 0 Å². The van der Waals surface area contributed by atoms with Crippen molar-refractivity contribution >= 4 is 17.9 Å². The van der Waals surface area contributed by atoms with Crippen molar-refractivity contribution in [2.75, 3.05) is 6.61 Å². The number of carbonyl (C=O) groups excluding carboxylic acids is 1. The van der Waals surface area contributed by atoms with Crippen LogP contribution in [0.4, 0.5) is 10.6 Å². The molecule has 1 rings (SSSR count). The number of ether oxygens (including phenoxy) is 1. The predicted molar refractivity (Wildman–Crippen MR) is 60.4 cm³/mol. The van der Waals surface area contributed by atoms with Crippen LogP contribution < -0.4 is 11.1 Å². The third-order valence-electron chi connectivity index (χ3n) is 1.71. The van der Waals surface area contributed by atoms with Crippen LogP contribution in [-0.2, 0) is 4.74 Å². The third-order valence-corrected chi connectivity index (χ3v) is 1.71. The zero-order chi connectivity index (χ0) is 12.0. The quantitative estimate of drug-likeness (QED) is 0.578. The Bertz CT molecular complexity index is 404. The molecule has 1 heterocycles. The lowest BCUT2D eigenvalue weighted by Crippen LogP contribution is -2.36. The molecule has 0 unspecified atom stereocenters. The molecule has 0 aliphatic heterocycles. The van der Waals surface area contributed by atoms with Crippen LogP contribution in [0.25, 0.3) is 0 Å². The van der Waals surface area contributed by atoms with E-state index in [4.69, 9.17) is 5.73 Å². The number of carbonyl (C=O) groups is 1. The monoisotopic (exact) mass is 222 g/mol. The highest BCUT2D eigenvalue weighted by atomic mass is 16.5. The molecule has 86 valence electrons. The smallest absolute Gasteiger partial charge is 0.413 e. The van der Waals surface area contributed by atoms with Crippen LogP contribution >= 0.6 is 0 Å². The van der Waals surface area contributed by atoms with Crippen molar-refractivity contribution in [3.63, 3.8) is 0 Å². The van der Waals surface area contributed by atoms with E-state index >= 15 is 0 Å². The summed E-state index contributed by atoms with van der Waals surface area (Å²) in [6, 6.07) is 3.65. The molecule has 0 bridgehead atoms. The molecule has 0 saturated carbocycles. The number of aliphatic imine (C=N–C) groups is 1. The molecule has 0 fully saturated rings. The number of nitrogens with one attached hydrogen (secondary N) is 1. The molecule has 1 amide bonds. The second-order valence-corrected chi connectivity index (χ2v) is 2.99. The van der Waals surface area contributed by atoms with E-state index in [1.54, 1.807) is 19.2 Å². The number of rotatable bonds is 2. The minimum atomic E-state index is -0.627. The molecule has 0 atom stereocenters. The Hall–Kier alpha value is -2.11. The van der Waals surface area contributed by atoms with Gasteiger partial charge >= 0.3 is 6.09 Å². The van der Waals surface area contributed by atoms with Crippen molar-refractivity contribution in [3.8, 4) is 0 Å². The summed E-state index contributed by atoms with van der Waals surface area (Å²) in [6.07, 6.45) is 0.973. The van der Waals surface area contributed by atoms with Gasteiger partial charge < -0.3 is 10.5 Å². The first-order valence-electron chi connectivity index (χ1n) is 4.83. The number of guanidine groups is 1. The van der Waals surface area contributed by atoms with Crippen molar-refractivity contribution in [2.45, 2.75) is 13.8 Å². The van der Waals surface area contributed by atoms with Gasteiger partial charge in [0.2, 0.25) is 5.96 Å². The Balaban J connectivity index is 2.70. The lowest BCUT2D eigenvalue weighted by molar-refractivity contribution is 0.157. The van der Waals surface area contributed by atoms with Crippen LogP contribution in [0, 0.1) is 6.92 Å². The largest absolute Gasteiger partial charge is 0.450 e. The number of amides is 1. The van der Waals surface area contributed by atoms with Gasteiger partial charge in [-0.05, 0) is 25.5 Å². The Kier molecular flexibility index (Phi) is 4.26. The fourth-order valence-corrected chi connectivity index (χ4v) is 1.01. The summed E-state index contributed by atoms with van der Waals surface area (Å²) in [5.41, 5.74) is 6.38. The molecule has 0 spiro atoms. The molecular formula is C10H14N4O2. The van der Waals surface area contributed by atoms with Crippen LogP contribution in [0.2, 0.25) is 0 Å². The maximum atomic E-state index is 11.0. The average Bonchev–Trinajstić information content (AvgIpc) is 2.21. The number of nitrogens with zero attached hydrogens (tertiary/aromatic N) is 2. The molecule has 1 aromatic rings. The summed E-state index contributed by atoms with van der Waals surface area (Å²) >= 11 is 0. The maximum Gasteiger partial charge on any atom is 0.413 e. The number of pyridine rings is 1. The average molecular weight is 222 g/mol. The van der Waals surface area contributed by atoms with Gasteiger partial charge in [0.05, 0.1) is 6.61 Å². The van der Waals surface area contributed by atoms with Crippen molar-refractivity contribution < 1.29 is 9.53 Å². The summed E-state index contributed by atoms with van der Waals surface area (Å²) < 4.78 is 4.65. The van der Waals surface area contributed by atoms with Gasteiger partial charge in [0.1, 0.15) is 0 Å². The van der Waals surface area contributed by atoms with E-state index in [2.05, 4.69) is 20.0 Å². The minimum Gasteiger partial charge on any atom is -0.450 e. The SMILES string of the molecule is CCOC(=O)N/C(N)=N/c1ncccc1C. The second kappa shape index (κ2) is 5.69. The molecular weight excluding hydrogens is 208 g/mol. The summed E-state index contributed by atoms with van der Waals surface area (Å²) in [5.74, 6) is 0.428. The highest BCUT2D eigenvalue weighted by Crippen LogP contribution is 2.12. The summed E-state index contributed by atoms with van der Waals surface area (Å²) in [4.78, 5) is 19.0. The number of hydrogen-bond donors (Lipinski definition) is 2. The first kappa shape index (κ1) is 12.0. The van der Waals surface area contributed by atoms with Crippen LogP contribution in [0.5, 0.6) is 0 Å². The number of aryl methyl sites for hydroxylation is 1. The summed E-state index contributed by atoms with van der Waals surface area (Å²) in [6.45, 7) is 3.83. The van der Waals surface area contributed by atoms with Crippen LogP contribution in [0.15, 0.2) is 23.3 Å². The zero-order valence-corrected chi connectivity index (χ0v) is 9.23. The van der Waals surface area contributed by atoms with Crippen molar-refractivity contribution in [1.29, 1.82) is 0 Å². The standard InChI is InChI=1S/C10H14N4O2/c1-3-16-10(15)14-9(11)13-8-7(2)5-4-6-12-8/h4-6H,3H2,1-2H3,(H3,11,12,13,14,15). The van der Waals surface area contributed by atoms with Gasteiger partial charge in [-0.1, -0.05) is 6.07 Å². The van der Waals surface area contributed by atoms with Crippen LogP contribution in [0.3, 0.4) is 0 Å². The number of alkyl carbamates (subject to hydrolysis) is 1. The molecule has 16 heavy (non-hydrogen) atoms. The lowest BCUT2D eigenvalue weighted by atomic mass is 10.3. The highest BCUT2D eigenvalue weighted by molar-refractivity contribution is 5.94. The van der Waals surface area contributed by atoms with Gasteiger partial charge in [-0.25, -0.2) is 9.78 Å². The Morgan fingerprint density at radius 1 is 1.69 bits per heavy atom. The van der Waals surface area contributed by atoms with Crippen LogP contribution in [0.1, 0.15) is 12.5 Å². The fraction of sp³-hybridized carbons (Fsp3) is 0.300. The Labute approximate surface area is 93.5 Å². The van der Waals surface area contributed by atoms with E-state index in [1.165, 1.54) is 0 Å². The predicted octanol–water partition coefficient (Wildman–Crippen LogP) is 1.08. The minimum absolute atomic E-state index is 0.0414. The first-order valence-corrected chi connectivity index (χ1v) is 4.83. The van der Waals surface area contributed by atoms with E-state index < -0.39 is 6.09 Å². The van der Waals surface area contributed by atoms with Gasteiger partial charge in [-0.2, -0.15) is 4.99 Å². The van der Waals surface area contributed by atoms with E-state index in [1.807, 2.05) is 13.0 Å². The molecule has 0 aliphatic carbocycles. The fourth-order valence-electron chi connectivity index (χ4n) is 1.01. The molecule has 3 N–H and O–H groups in total. The Morgan fingerprint density at radius 2 is 2.44 bits per heavy atom. The van der Waals surface area contributed by atoms with E-state index in [-0.39, 0.29) is 12.6 Å². The number of hydrogen-bond acceptors (Lipinski definition) is 4. The van der Waals surface area contributed by atoms with Crippen molar-refractivity contribution in [1.82, 2.24) is 10.3 Å². The van der Waals surface area contributed by atoms with Gasteiger partial charge in [-0.3, -0.25) is 5.32 Å². The molecule has 0 aromatic carbocycles. The van der Waals surface area contributed by atoms with E-state index in [9.17, 15) is 4.79 Å². The summed E-state index contributed by atoms with van der Waals surface area (Å²) in [5, 5.41) is 2.28. The molecule has 0 saturated heterocycles. The second-order valence-electron chi connectivity index (χ2n) is 2.99. The van der Waals surface area contributed by atoms with Gasteiger partial charge in [0.15, 0.2) is 5.82 Å². The molecule has 6 nitrogen and oxygen atoms in total. The number of nitrogens with two attached hydrogens (primary N) is 1. The van der Waals surface area contributed by atoms with Gasteiger partial charge in [-0.15, -0.1) is 0 Å². The molecule has 0 radical (unpaired) electrons. The van der Waals surface area contributed by atoms with Crippen LogP contribution in [-0.4, -0.2) is 23.6 Å². The van der Waals surface area contributed by atoms with E-state index in [0.29, 0.717) is 5.82 Å². The maximum absolute atomic E-state index is 11.0. The Morgan fingerprint density at radius 3 is 3.06 bits per heavy atom. The van der Waals surface area contributed by atoms with Crippen molar-refractivity contribution in [2.24, 2.45) is 10.7 Å². The lowest BCUT2D eigenvalue weighted by Gasteiger charge is -2.04.